The van der Waals surface area contributed by atoms with Crippen LogP contribution in [0.1, 0.15) is 10.4 Å². The number of benzene rings is 2. The lowest BCUT2D eigenvalue weighted by atomic mass is 10.2. The summed E-state index contributed by atoms with van der Waals surface area (Å²) in [4.78, 5) is 12.3. The molecule has 0 saturated heterocycles. The summed E-state index contributed by atoms with van der Waals surface area (Å²) in [6.45, 7) is 3.58. The van der Waals surface area contributed by atoms with Crippen molar-refractivity contribution in [1.82, 2.24) is 4.72 Å². The highest BCUT2D eigenvalue weighted by atomic mass is 32.2. The maximum absolute atomic E-state index is 12.3. The topological polar surface area (TPSA) is 84.5 Å². The monoisotopic (exact) mass is 346 g/mol. The molecule has 0 aliphatic heterocycles. The fourth-order valence-corrected chi connectivity index (χ4v) is 3.00. The van der Waals surface area contributed by atoms with Crippen molar-refractivity contribution in [3.8, 4) is 5.75 Å². The maximum Gasteiger partial charge on any atom is 0.255 e. The van der Waals surface area contributed by atoms with Gasteiger partial charge in [0.25, 0.3) is 5.91 Å². The van der Waals surface area contributed by atoms with Crippen LogP contribution in [0.3, 0.4) is 0 Å². The molecular weight excluding hydrogens is 328 g/mol. The van der Waals surface area contributed by atoms with E-state index in [9.17, 15) is 13.2 Å². The summed E-state index contributed by atoms with van der Waals surface area (Å²) in [6, 6.07) is 12.7. The Bertz CT molecular complexity index is 847. The van der Waals surface area contributed by atoms with Gasteiger partial charge in [0, 0.05) is 23.9 Å². The minimum atomic E-state index is -3.68. The number of anilines is 1. The molecule has 1 amide bonds. The molecule has 0 saturated carbocycles. The van der Waals surface area contributed by atoms with Crippen molar-refractivity contribution in [3.63, 3.8) is 0 Å². The highest BCUT2D eigenvalue weighted by molar-refractivity contribution is 7.89. The normalized spacial score (nSPS) is 10.9. The molecule has 0 heterocycles. The number of hydrogen-bond acceptors (Lipinski definition) is 4. The van der Waals surface area contributed by atoms with Gasteiger partial charge in [0.1, 0.15) is 5.75 Å². The van der Waals surface area contributed by atoms with E-state index in [0.717, 1.165) is 0 Å². The molecule has 0 spiro atoms. The number of carbonyl (C=O) groups excluding carboxylic acids is 1. The Labute approximate surface area is 141 Å². The third-order valence-electron chi connectivity index (χ3n) is 3.15. The van der Waals surface area contributed by atoms with Gasteiger partial charge in [-0.1, -0.05) is 18.2 Å². The Morgan fingerprint density at radius 2 is 1.96 bits per heavy atom. The highest BCUT2D eigenvalue weighted by Gasteiger charge is 2.15. The second-order valence-corrected chi connectivity index (χ2v) is 6.62. The van der Waals surface area contributed by atoms with Gasteiger partial charge in [-0.25, -0.2) is 13.1 Å². The van der Waals surface area contributed by atoms with Crippen LogP contribution in [0.5, 0.6) is 5.75 Å². The van der Waals surface area contributed by atoms with E-state index >= 15 is 0 Å². The molecule has 6 nitrogen and oxygen atoms in total. The first-order valence-corrected chi connectivity index (χ1v) is 8.60. The Balaban J connectivity index is 2.21. The van der Waals surface area contributed by atoms with Crippen LogP contribution in [0, 0.1) is 0 Å². The summed E-state index contributed by atoms with van der Waals surface area (Å²) >= 11 is 0. The average Bonchev–Trinajstić information content (AvgIpc) is 2.60. The molecule has 0 radical (unpaired) electrons. The van der Waals surface area contributed by atoms with Gasteiger partial charge in [0.05, 0.1) is 12.0 Å². The molecule has 0 aliphatic carbocycles. The van der Waals surface area contributed by atoms with Crippen molar-refractivity contribution < 1.29 is 17.9 Å². The van der Waals surface area contributed by atoms with Crippen molar-refractivity contribution in [2.24, 2.45) is 0 Å². The summed E-state index contributed by atoms with van der Waals surface area (Å²) < 4.78 is 31.7. The van der Waals surface area contributed by atoms with Crippen molar-refractivity contribution in [2.75, 3.05) is 19.0 Å². The number of ether oxygens (including phenoxy) is 1. The predicted octanol–water partition coefficient (Wildman–Crippen LogP) is 2.41. The van der Waals surface area contributed by atoms with Crippen LogP contribution < -0.4 is 14.8 Å². The molecule has 2 aromatic carbocycles. The van der Waals surface area contributed by atoms with Gasteiger partial charge in [-0.2, -0.15) is 0 Å². The Hall–Kier alpha value is -2.64. The van der Waals surface area contributed by atoms with E-state index in [2.05, 4.69) is 16.6 Å². The number of hydrogen-bond donors (Lipinski definition) is 2. The van der Waals surface area contributed by atoms with Gasteiger partial charge in [-0.15, -0.1) is 6.58 Å². The molecular formula is C17H18N2O4S. The second-order valence-electron chi connectivity index (χ2n) is 4.85. The first-order chi connectivity index (χ1) is 11.5. The largest absolute Gasteiger partial charge is 0.497 e. The quantitative estimate of drug-likeness (QED) is 0.754. The molecule has 0 unspecified atom stereocenters. The fourth-order valence-electron chi connectivity index (χ4n) is 1.96. The zero-order valence-electron chi connectivity index (χ0n) is 13.2. The molecule has 0 aliphatic rings. The van der Waals surface area contributed by atoms with E-state index in [-0.39, 0.29) is 17.0 Å². The highest BCUT2D eigenvalue weighted by Crippen LogP contribution is 2.18. The molecule has 126 valence electrons. The zero-order chi connectivity index (χ0) is 17.6. The van der Waals surface area contributed by atoms with Crippen LogP contribution in [0.25, 0.3) is 0 Å². The van der Waals surface area contributed by atoms with Crippen LogP contribution in [0.2, 0.25) is 0 Å². The standard InChI is InChI=1S/C17H18N2O4S/c1-3-10-18-24(21,22)16-9-4-6-13(11-16)17(20)19-14-7-5-8-15(12-14)23-2/h3-9,11-12,18H,1,10H2,2H3,(H,19,20). The van der Waals surface area contributed by atoms with Crippen LogP contribution in [-0.2, 0) is 10.0 Å². The Morgan fingerprint density at radius 1 is 1.21 bits per heavy atom. The molecule has 0 bridgehead atoms. The summed E-state index contributed by atoms with van der Waals surface area (Å²) in [7, 11) is -2.15. The Kier molecular flexibility index (Phi) is 5.73. The third-order valence-corrected chi connectivity index (χ3v) is 4.57. The number of sulfonamides is 1. The minimum Gasteiger partial charge on any atom is -0.497 e. The van der Waals surface area contributed by atoms with Gasteiger partial charge < -0.3 is 10.1 Å². The third kappa shape index (κ3) is 4.43. The average molecular weight is 346 g/mol. The molecule has 0 atom stereocenters. The van der Waals surface area contributed by atoms with Crippen LogP contribution >= 0.6 is 0 Å². The van der Waals surface area contributed by atoms with Crippen LogP contribution in [-0.4, -0.2) is 28.0 Å². The predicted molar refractivity (Wildman–Crippen MR) is 92.8 cm³/mol. The van der Waals surface area contributed by atoms with Crippen molar-refractivity contribution in [2.45, 2.75) is 4.90 Å². The van der Waals surface area contributed by atoms with Crippen LogP contribution in [0.15, 0.2) is 66.1 Å². The van der Waals surface area contributed by atoms with Crippen LogP contribution in [0.4, 0.5) is 5.69 Å². The molecule has 2 rings (SSSR count). The van der Waals surface area contributed by atoms with Gasteiger partial charge in [0.2, 0.25) is 10.0 Å². The van der Waals surface area contributed by atoms with E-state index in [4.69, 9.17) is 4.74 Å². The van der Waals surface area contributed by atoms with Gasteiger partial charge in [-0.05, 0) is 30.3 Å². The summed E-state index contributed by atoms with van der Waals surface area (Å²) in [5.74, 6) is 0.196. The molecule has 2 N–H and O–H groups in total. The van der Waals surface area contributed by atoms with E-state index < -0.39 is 15.9 Å². The summed E-state index contributed by atoms with van der Waals surface area (Å²) in [6.07, 6.45) is 1.44. The van der Waals surface area contributed by atoms with Crippen molar-refractivity contribution >= 4 is 21.6 Å². The van der Waals surface area contributed by atoms with Crippen molar-refractivity contribution in [3.05, 3.63) is 66.7 Å². The Morgan fingerprint density at radius 3 is 2.67 bits per heavy atom. The van der Waals surface area contributed by atoms with Crippen molar-refractivity contribution in [1.29, 1.82) is 0 Å². The number of methoxy groups -OCH3 is 1. The van der Waals surface area contributed by atoms with E-state index in [1.165, 1.54) is 31.4 Å². The lowest BCUT2D eigenvalue weighted by Crippen LogP contribution is -2.24. The number of carbonyl (C=O) groups is 1. The van der Waals surface area contributed by atoms with E-state index in [1.54, 1.807) is 30.3 Å². The van der Waals surface area contributed by atoms with E-state index in [0.29, 0.717) is 11.4 Å². The molecule has 0 fully saturated rings. The lowest BCUT2D eigenvalue weighted by molar-refractivity contribution is 0.102. The first-order valence-electron chi connectivity index (χ1n) is 7.12. The maximum atomic E-state index is 12.3. The van der Waals surface area contributed by atoms with Gasteiger partial charge in [-0.3, -0.25) is 4.79 Å². The fraction of sp³-hybridized carbons (Fsp3) is 0.118. The molecule has 24 heavy (non-hydrogen) atoms. The molecule has 2 aromatic rings. The minimum absolute atomic E-state index is 0.0163. The van der Waals surface area contributed by atoms with Gasteiger partial charge in [0.15, 0.2) is 0 Å². The van der Waals surface area contributed by atoms with Gasteiger partial charge >= 0.3 is 0 Å². The lowest BCUT2D eigenvalue weighted by Gasteiger charge is -2.09. The number of rotatable bonds is 7. The zero-order valence-corrected chi connectivity index (χ0v) is 14.0. The molecule has 0 aromatic heterocycles. The smallest absolute Gasteiger partial charge is 0.255 e. The first kappa shape index (κ1) is 17.7. The summed E-state index contributed by atoms with van der Waals surface area (Å²) in [5, 5.41) is 2.70. The second kappa shape index (κ2) is 7.76. The number of nitrogens with one attached hydrogen (secondary N) is 2. The summed E-state index contributed by atoms with van der Waals surface area (Å²) in [5.41, 5.74) is 0.789. The SMILES string of the molecule is C=CCNS(=O)(=O)c1cccc(C(=O)Nc2cccc(OC)c2)c1. The number of amides is 1. The molecule has 7 heteroatoms. The van der Waals surface area contributed by atoms with E-state index in [1.807, 2.05) is 0 Å².